The topological polar surface area (TPSA) is 121 Å². The zero-order valence-corrected chi connectivity index (χ0v) is 19.7. The van der Waals surface area contributed by atoms with Crippen LogP contribution in [0.5, 0.6) is 5.75 Å². The molecule has 1 aromatic carbocycles. The van der Waals surface area contributed by atoms with Gasteiger partial charge in [-0.3, -0.25) is 4.79 Å². The van der Waals surface area contributed by atoms with E-state index in [4.69, 9.17) is 9.72 Å². The fourth-order valence-electron chi connectivity index (χ4n) is 4.46. The molecule has 0 bridgehead atoms. The van der Waals surface area contributed by atoms with Crippen molar-refractivity contribution in [3.63, 3.8) is 0 Å². The highest BCUT2D eigenvalue weighted by Gasteiger charge is 2.28. The summed E-state index contributed by atoms with van der Waals surface area (Å²) in [6.07, 6.45) is 4.51. The average Bonchev–Trinajstić information content (AvgIpc) is 3.48. The predicted octanol–water partition coefficient (Wildman–Crippen LogP) is 3.51. The van der Waals surface area contributed by atoms with Gasteiger partial charge in [-0.1, -0.05) is 35.5 Å². The lowest BCUT2D eigenvalue weighted by molar-refractivity contribution is -0.143. The van der Waals surface area contributed by atoms with Crippen LogP contribution in [0.2, 0.25) is 0 Å². The molecule has 3 aromatic heterocycles. The van der Waals surface area contributed by atoms with Crippen molar-refractivity contribution in [2.24, 2.45) is 13.0 Å². The predicted molar refractivity (Wildman–Crippen MR) is 128 cm³/mol. The second-order valence-electron chi connectivity index (χ2n) is 8.86. The van der Waals surface area contributed by atoms with Crippen molar-refractivity contribution < 1.29 is 14.6 Å². The second-order valence-corrected chi connectivity index (χ2v) is 8.86. The van der Waals surface area contributed by atoms with Crippen molar-refractivity contribution in [2.75, 3.05) is 0 Å². The lowest BCUT2D eigenvalue weighted by Crippen LogP contribution is -2.29. The van der Waals surface area contributed by atoms with E-state index in [9.17, 15) is 9.90 Å². The highest BCUT2D eigenvalue weighted by atomic mass is 16.5. The Labute approximate surface area is 202 Å². The molecule has 1 saturated carbocycles. The quantitative estimate of drug-likeness (QED) is 0.433. The molecule has 0 radical (unpaired) electrons. The molecular formula is C25H27N7O3. The van der Waals surface area contributed by atoms with Gasteiger partial charge in [-0.25, -0.2) is 19.3 Å². The first kappa shape index (κ1) is 22.7. The zero-order chi connectivity index (χ0) is 24.4. The van der Waals surface area contributed by atoms with Gasteiger partial charge in [0.2, 0.25) is 0 Å². The summed E-state index contributed by atoms with van der Waals surface area (Å²) in [5, 5.41) is 22.5. The third kappa shape index (κ3) is 4.91. The van der Waals surface area contributed by atoms with Gasteiger partial charge in [0, 0.05) is 12.6 Å². The van der Waals surface area contributed by atoms with E-state index in [0.717, 1.165) is 29.8 Å². The Morgan fingerprint density at radius 2 is 2.00 bits per heavy atom. The third-order valence-electron chi connectivity index (χ3n) is 6.37. The average molecular weight is 474 g/mol. The van der Waals surface area contributed by atoms with Crippen LogP contribution in [0, 0.1) is 12.8 Å². The molecule has 5 rings (SSSR count). The number of nitrogens with zero attached hydrogens (tertiary/aromatic N) is 7. The molecule has 1 aliphatic carbocycles. The molecule has 1 fully saturated rings. The summed E-state index contributed by atoms with van der Waals surface area (Å²) >= 11 is 0. The Morgan fingerprint density at radius 3 is 2.77 bits per heavy atom. The first-order valence-corrected chi connectivity index (χ1v) is 11.7. The first-order chi connectivity index (χ1) is 17.0. The molecule has 0 spiro atoms. The molecule has 1 N–H and O–H groups in total. The van der Waals surface area contributed by atoms with Crippen molar-refractivity contribution in [3.05, 3.63) is 60.2 Å². The van der Waals surface area contributed by atoms with E-state index >= 15 is 0 Å². The molecule has 10 nitrogen and oxygen atoms in total. The minimum absolute atomic E-state index is 0.116. The largest absolute Gasteiger partial charge is 0.489 e. The molecule has 3 heterocycles. The lowest BCUT2D eigenvalue weighted by Gasteiger charge is -2.27. The molecular weight excluding hydrogens is 446 g/mol. The lowest BCUT2D eigenvalue weighted by atomic mass is 9.87. The SMILES string of the molecule is Cc1nc(-c2nnn(C)c2Cn2cnc(-c3ccccc3)n2)ccc1O[C@H]1CCC[C@H](C(=O)O)C1. The Balaban J connectivity index is 1.34. The summed E-state index contributed by atoms with van der Waals surface area (Å²) in [5.41, 5.74) is 3.89. The highest BCUT2D eigenvalue weighted by Crippen LogP contribution is 2.30. The third-order valence-corrected chi connectivity index (χ3v) is 6.37. The minimum atomic E-state index is -0.748. The van der Waals surface area contributed by atoms with Crippen molar-refractivity contribution in [1.29, 1.82) is 0 Å². The summed E-state index contributed by atoms with van der Waals surface area (Å²) in [6.45, 7) is 2.33. The van der Waals surface area contributed by atoms with Crippen molar-refractivity contribution in [3.8, 4) is 28.5 Å². The van der Waals surface area contributed by atoms with Crippen LogP contribution in [0.3, 0.4) is 0 Å². The van der Waals surface area contributed by atoms with E-state index < -0.39 is 5.97 Å². The van der Waals surface area contributed by atoms with Gasteiger partial charge in [0.1, 0.15) is 17.8 Å². The van der Waals surface area contributed by atoms with Gasteiger partial charge in [-0.15, -0.1) is 5.10 Å². The van der Waals surface area contributed by atoms with Crippen LogP contribution in [0.4, 0.5) is 0 Å². The van der Waals surface area contributed by atoms with Gasteiger partial charge >= 0.3 is 5.97 Å². The Bertz CT molecular complexity index is 1330. The smallest absolute Gasteiger partial charge is 0.306 e. The van der Waals surface area contributed by atoms with E-state index in [1.807, 2.05) is 56.4 Å². The summed E-state index contributed by atoms with van der Waals surface area (Å²) in [4.78, 5) is 20.5. The van der Waals surface area contributed by atoms with Gasteiger partial charge in [-0.05, 0) is 44.7 Å². The number of carbonyl (C=O) groups is 1. The van der Waals surface area contributed by atoms with Gasteiger partial charge < -0.3 is 9.84 Å². The highest BCUT2D eigenvalue weighted by molar-refractivity contribution is 5.70. The van der Waals surface area contributed by atoms with Crippen LogP contribution >= 0.6 is 0 Å². The number of aromatic nitrogens is 7. The van der Waals surface area contributed by atoms with Gasteiger partial charge in [0.05, 0.1) is 35.6 Å². The molecule has 0 unspecified atom stereocenters. The monoisotopic (exact) mass is 473 g/mol. The summed E-state index contributed by atoms with van der Waals surface area (Å²) in [7, 11) is 1.84. The van der Waals surface area contributed by atoms with E-state index in [1.54, 1.807) is 15.7 Å². The van der Waals surface area contributed by atoms with Crippen LogP contribution in [-0.2, 0) is 18.4 Å². The summed E-state index contributed by atoms with van der Waals surface area (Å²) in [5.74, 6) is 0.231. The Hall–Kier alpha value is -4.08. The standard InChI is InChI=1S/C25H27N7O3/c1-16-22(35-19-10-6-9-18(13-19)25(33)34)12-11-20(27-16)23-21(31(2)30-28-23)14-32-15-26-24(29-32)17-7-4-3-5-8-17/h3-5,7-8,11-12,15,18-19H,6,9-10,13-14H2,1-2H3,(H,33,34)/t18-,19-/m0/s1. The number of carboxylic acids is 1. The Morgan fingerprint density at radius 1 is 1.17 bits per heavy atom. The zero-order valence-electron chi connectivity index (χ0n) is 19.7. The van der Waals surface area contributed by atoms with Crippen LogP contribution in [0.25, 0.3) is 22.8 Å². The van der Waals surface area contributed by atoms with Crippen molar-refractivity contribution >= 4 is 5.97 Å². The fourth-order valence-corrected chi connectivity index (χ4v) is 4.46. The number of aryl methyl sites for hydroxylation is 2. The number of carboxylic acid groups (broad SMARTS) is 1. The maximum Gasteiger partial charge on any atom is 0.306 e. The van der Waals surface area contributed by atoms with E-state index in [2.05, 4.69) is 20.4 Å². The molecule has 35 heavy (non-hydrogen) atoms. The van der Waals surface area contributed by atoms with Crippen LogP contribution in [0.15, 0.2) is 48.8 Å². The van der Waals surface area contributed by atoms with Gasteiger partial charge in [0.25, 0.3) is 0 Å². The number of pyridine rings is 1. The van der Waals surface area contributed by atoms with E-state index in [-0.39, 0.29) is 12.0 Å². The molecule has 0 aliphatic heterocycles. The van der Waals surface area contributed by atoms with Crippen LogP contribution in [0.1, 0.15) is 37.1 Å². The number of rotatable bonds is 7. The molecule has 0 saturated heterocycles. The molecule has 10 heteroatoms. The molecule has 0 amide bonds. The number of ether oxygens (including phenoxy) is 1. The summed E-state index contributed by atoms with van der Waals surface area (Å²) < 4.78 is 9.62. The second kappa shape index (κ2) is 9.65. The van der Waals surface area contributed by atoms with E-state index in [0.29, 0.717) is 42.3 Å². The fraction of sp³-hybridized carbons (Fsp3) is 0.360. The first-order valence-electron chi connectivity index (χ1n) is 11.7. The number of benzene rings is 1. The molecule has 4 aromatic rings. The number of hydrogen-bond acceptors (Lipinski definition) is 7. The van der Waals surface area contributed by atoms with Crippen molar-refractivity contribution in [2.45, 2.75) is 45.3 Å². The Kier molecular flexibility index (Phi) is 6.26. The molecule has 1 aliphatic rings. The normalized spacial score (nSPS) is 17.9. The molecule has 180 valence electrons. The maximum absolute atomic E-state index is 11.4. The maximum atomic E-state index is 11.4. The number of aliphatic carboxylic acids is 1. The van der Waals surface area contributed by atoms with Crippen molar-refractivity contribution in [1.82, 2.24) is 34.7 Å². The van der Waals surface area contributed by atoms with Crippen LogP contribution < -0.4 is 4.74 Å². The molecule has 2 atom stereocenters. The van der Waals surface area contributed by atoms with E-state index in [1.165, 1.54) is 0 Å². The van der Waals surface area contributed by atoms with Gasteiger partial charge in [-0.2, -0.15) is 5.10 Å². The summed E-state index contributed by atoms with van der Waals surface area (Å²) in [6, 6.07) is 13.6. The number of hydrogen-bond donors (Lipinski definition) is 1. The minimum Gasteiger partial charge on any atom is -0.489 e. The van der Waals surface area contributed by atoms with Gasteiger partial charge in [0.15, 0.2) is 5.82 Å². The van der Waals surface area contributed by atoms with Crippen LogP contribution in [-0.4, -0.2) is 51.9 Å².